The topological polar surface area (TPSA) is 41.5 Å². The van der Waals surface area contributed by atoms with Crippen molar-refractivity contribution in [2.45, 2.75) is 31.3 Å². The Hall–Kier alpha value is -1.06. The molecule has 1 saturated heterocycles. The van der Waals surface area contributed by atoms with Crippen molar-refractivity contribution in [1.82, 2.24) is 5.32 Å². The van der Waals surface area contributed by atoms with Gasteiger partial charge in [0, 0.05) is 18.0 Å². The number of nitrogens with one attached hydrogen (secondary N) is 1. The lowest BCUT2D eigenvalue weighted by Crippen LogP contribution is -2.32. The number of ether oxygens (including phenoxy) is 1. The number of aliphatic hydroxyl groups is 1. The van der Waals surface area contributed by atoms with Gasteiger partial charge in [-0.2, -0.15) is 0 Å². The van der Waals surface area contributed by atoms with E-state index in [1.54, 1.807) is 7.11 Å². The van der Waals surface area contributed by atoms with E-state index >= 15 is 0 Å². The summed E-state index contributed by atoms with van der Waals surface area (Å²) in [5, 5.41) is 12.7. The van der Waals surface area contributed by atoms with Gasteiger partial charge in [-0.25, -0.2) is 0 Å². The third-order valence-electron chi connectivity index (χ3n) is 3.33. The Morgan fingerprint density at radius 1 is 1.38 bits per heavy atom. The van der Waals surface area contributed by atoms with Crippen molar-refractivity contribution in [2.75, 3.05) is 13.7 Å². The van der Waals surface area contributed by atoms with Gasteiger partial charge < -0.3 is 15.2 Å². The maximum atomic E-state index is 9.33. The molecular formula is C13H19NO2. The number of hydrogen-bond donors (Lipinski definition) is 2. The largest absolute Gasteiger partial charge is 0.497 e. The van der Waals surface area contributed by atoms with Gasteiger partial charge in [-0.3, -0.25) is 0 Å². The molecule has 2 rings (SSSR count). The number of hydrogen-bond acceptors (Lipinski definition) is 3. The Labute approximate surface area is 96.4 Å². The van der Waals surface area contributed by atoms with E-state index in [2.05, 4.69) is 24.4 Å². The van der Waals surface area contributed by atoms with Gasteiger partial charge in [0.15, 0.2) is 0 Å². The van der Waals surface area contributed by atoms with E-state index in [-0.39, 0.29) is 12.6 Å². The summed E-state index contributed by atoms with van der Waals surface area (Å²) in [5.41, 5.74) is 1.27. The lowest BCUT2D eigenvalue weighted by molar-refractivity contribution is 0.243. The Morgan fingerprint density at radius 2 is 2.06 bits per heavy atom. The second kappa shape index (κ2) is 4.85. The van der Waals surface area contributed by atoms with E-state index in [1.807, 2.05) is 12.1 Å². The average Bonchev–Trinajstić information content (AvgIpc) is 2.70. The summed E-state index contributed by atoms with van der Waals surface area (Å²) in [6.07, 6.45) is 1.08. The van der Waals surface area contributed by atoms with Crippen LogP contribution in [-0.4, -0.2) is 30.9 Å². The quantitative estimate of drug-likeness (QED) is 0.813. The molecule has 88 valence electrons. The Balaban J connectivity index is 2.16. The van der Waals surface area contributed by atoms with Crippen LogP contribution in [0.3, 0.4) is 0 Å². The molecule has 3 heteroatoms. The van der Waals surface area contributed by atoms with Crippen molar-refractivity contribution in [3.05, 3.63) is 29.8 Å². The normalized spacial score (nSPS) is 29.3. The molecule has 0 bridgehead atoms. The molecule has 3 nitrogen and oxygen atoms in total. The molecule has 0 amide bonds. The molecule has 0 aromatic heterocycles. The highest BCUT2D eigenvalue weighted by Gasteiger charge is 2.31. The van der Waals surface area contributed by atoms with Gasteiger partial charge in [0.1, 0.15) is 5.75 Å². The minimum atomic E-state index is 0.184. The first-order valence-electron chi connectivity index (χ1n) is 5.75. The van der Waals surface area contributed by atoms with Gasteiger partial charge in [0.25, 0.3) is 0 Å². The third-order valence-corrected chi connectivity index (χ3v) is 3.33. The predicted molar refractivity (Wildman–Crippen MR) is 63.8 cm³/mol. The molecule has 1 heterocycles. The van der Waals surface area contributed by atoms with E-state index in [9.17, 15) is 5.11 Å². The minimum Gasteiger partial charge on any atom is -0.497 e. The van der Waals surface area contributed by atoms with E-state index in [1.165, 1.54) is 5.56 Å². The second-order valence-corrected chi connectivity index (χ2v) is 4.47. The number of rotatable bonds is 3. The van der Waals surface area contributed by atoms with E-state index in [4.69, 9.17) is 4.74 Å². The van der Waals surface area contributed by atoms with Crippen molar-refractivity contribution >= 4 is 0 Å². The fourth-order valence-corrected chi connectivity index (χ4v) is 2.49. The van der Waals surface area contributed by atoms with Crippen LogP contribution in [0.25, 0.3) is 0 Å². The third kappa shape index (κ3) is 2.20. The molecule has 1 aromatic rings. The van der Waals surface area contributed by atoms with Crippen LogP contribution in [-0.2, 0) is 0 Å². The van der Waals surface area contributed by atoms with Crippen LogP contribution in [0, 0.1) is 0 Å². The number of methoxy groups -OCH3 is 1. The van der Waals surface area contributed by atoms with Gasteiger partial charge in [-0.1, -0.05) is 12.1 Å². The van der Waals surface area contributed by atoms with Crippen molar-refractivity contribution in [3.63, 3.8) is 0 Å². The van der Waals surface area contributed by atoms with Gasteiger partial charge in [-0.05, 0) is 31.0 Å². The first-order chi connectivity index (χ1) is 7.74. The first-order valence-corrected chi connectivity index (χ1v) is 5.75. The number of aliphatic hydroxyl groups excluding tert-OH is 1. The molecule has 3 atom stereocenters. The predicted octanol–water partition coefficient (Wildman–Crippen LogP) is 1.52. The first kappa shape index (κ1) is 11.4. The van der Waals surface area contributed by atoms with Gasteiger partial charge in [0.2, 0.25) is 0 Å². The molecule has 0 aliphatic carbocycles. The van der Waals surface area contributed by atoms with Crippen molar-refractivity contribution in [2.24, 2.45) is 0 Å². The minimum absolute atomic E-state index is 0.184. The second-order valence-electron chi connectivity index (χ2n) is 4.47. The van der Waals surface area contributed by atoms with E-state index in [0.717, 1.165) is 12.2 Å². The fraction of sp³-hybridized carbons (Fsp3) is 0.538. The molecule has 0 radical (unpaired) electrons. The maximum absolute atomic E-state index is 9.33. The summed E-state index contributed by atoms with van der Waals surface area (Å²) in [4.78, 5) is 0. The molecule has 1 fully saturated rings. The molecule has 1 aliphatic rings. The van der Waals surface area contributed by atoms with Crippen LogP contribution >= 0.6 is 0 Å². The highest BCUT2D eigenvalue weighted by Crippen LogP contribution is 2.31. The molecule has 1 aliphatic heterocycles. The Morgan fingerprint density at radius 3 is 2.62 bits per heavy atom. The van der Waals surface area contributed by atoms with Crippen LogP contribution in [0.2, 0.25) is 0 Å². The Bertz CT molecular complexity index is 336. The zero-order valence-corrected chi connectivity index (χ0v) is 9.81. The highest BCUT2D eigenvalue weighted by atomic mass is 16.5. The van der Waals surface area contributed by atoms with E-state index < -0.39 is 0 Å². The standard InChI is InChI=1S/C13H19NO2/c1-9-7-12(13(8-15)14-9)10-3-5-11(16-2)6-4-10/h3-6,9,12-15H,7-8H2,1-2H3/t9?,12-,13-/m0/s1. The molecule has 1 aromatic carbocycles. The molecule has 0 saturated carbocycles. The average molecular weight is 221 g/mol. The fourth-order valence-electron chi connectivity index (χ4n) is 2.49. The summed E-state index contributed by atoms with van der Waals surface area (Å²) in [6.45, 7) is 2.35. The summed E-state index contributed by atoms with van der Waals surface area (Å²) in [5.74, 6) is 1.29. The monoisotopic (exact) mass is 221 g/mol. The van der Waals surface area contributed by atoms with Crippen LogP contribution in [0.4, 0.5) is 0 Å². The maximum Gasteiger partial charge on any atom is 0.118 e. The summed E-state index contributed by atoms with van der Waals surface area (Å²) >= 11 is 0. The molecule has 2 N–H and O–H groups in total. The summed E-state index contributed by atoms with van der Waals surface area (Å²) in [7, 11) is 1.67. The molecule has 16 heavy (non-hydrogen) atoms. The molecule has 1 unspecified atom stereocenters. The van der Waals surface area contributed by atoms with Crippen molar-refractivity contribution in [3.8, 4) is 5.75 Å². The summed E-state index contributed by atoms with van der Waals surface area (Å²) in [6, 6.07) is 8.80. The SMILES string of the molecule is COc1ccc([C@@H]2CC(C)N[C@H]2CO)cc1. The van der Waals surface area contributed by atoms with Gasteiger partial charge >= 0.3 is 0 Å². The van der Waals surface area contributed by atoms with E-state index in [0.29, 0.717) is 12.0 Å². The molecule has 0 spiro atoms. The zero-order valence-electron chi connectivity index (χ0n) is 9.81. The Kier molecular flexibility index (Phi) is 3.46. The van der Waals surface area contributed by atoms with Crippen LogP contribution in [0.5, 0.6) is 5.75 Å². The molecular weight excluding hydrogens is 202 g/mol. The van der Waals surface area contributed by atoms with Crippen LogP contribution < -0.4 is 10.1 Å². The lowest BCUT2D eigenvalue weighted by atomic mass is 9.91. The van der Waals surface area contributed by atoms with Gasteiger partial charge in [0.05, 0.1) is 13.7 Å². The van der Waals surface area contributed by atoms with Crippen molar-refractivity contribution < 1.29 is 9.84 Å². The number of benzene rings is 1. The van der Waals surface area contributed by atoms with Crippen LogP contribution in [0.1, 0.15) is 24.8 Å². The lowest BCUT2D eigenvalue weighted by Gasteiger charge is -2.17. The van der Waals surface area contributed by atoms with Crippen molar-refractivity contribution in [1.29, 1.82) is 0 Å². The summed E-state index contributed by atoms with van der Waals surface area (Å²) < 4.78 is 5.14. The highest BCUT2D eigenvalue weighted by molar-refractivity contribution is 5.31. The smallest absolute Gasteiger partial charge is 0.118 e. The zero-order chi connectivity index (χ0) is 11.5. The van der Waals surface area contributed by atoms with Crippen LogP contribution in [0.15, 0.2) is 24.3 Å². The van der Waals surface area contributed by atoms with Gasteiger partial charge in [-0.15, -0.1) is 0 Å².